The number of rotatable bonds is 10. The number of halogens is 1. The Kier molecular flexibility index (Phi) is 8.17. The Morgan fingerprint density at radius 1 is 1.02 bits per heavy atom. The van der Waals surface area contributed by atoms with E-state index >= 15 is 0 Å². The maximum atomic E-state index is 14.6. The fraction of sp³-hybridized carbons (Fsp3) is 0.484. The van der Waals surface area contributed by atoms with Crippen molar-refractivity contribution in [3.63, 3.8) is 0 Å². The van der Waals surface area contributed by atoms with Crippen LogP contribution in [0.15, 0.2) is 42.5 Å². The molecule has 210 valence electrons. The van der Waals surface area contributed by atoms with Crippen LogP contribution in [0.3, 0.4) is 0 Å². The molecule has 8 nitrogen and oxygen atoms in total. The van der Waals surface area contributed by atoms with Gasteiger partial charge in [0.25, 0.3) is 5.91 Å². The average Bonchev–Trinajstić information content (AvgIpc) is 3.87. The zero-order valence-corrected chi connectivity index (χ0v) is 22.9. The van der Waals surface area contributed by atoms with Gasteiger partial charge in [0.15, 0.2) is 5.78 Å². The maximum Gasteiger partial charge on any atom is 0.319 e. The van der Waals surface area contributed by atoms with Gasteiger partial charge in [0.2, 0.25) is 0 Å². The number of urea groups is 1. The minimum atomic E-state index is -0.646. The summed E-state index contributed by atoms with van der Waals surface area (Å²) in [4.78, 5) is 41.9. The lowest BCUT2D eigenvalue weighted by Gasteiger charge is -2.35. The summed E-state index contributed by atoms with van der Waals surface area (Å²) in [5.41, 5.74) is 1.34. The number of hydrogen-bond donors (Lipinski definition) is 2. The highest BCUT2D eigenvalue weighted by molar-refractivity contribution is 5.97. The van der Waals surface area contributed by atoms with Gasteiger partial charge in [-0.3, -0.25) is 14.5 Å². The van der Waals surface area contributed by atoms with Crippen LogP contribution in [0, 0.1) is 34.4 Å². The van der Waals surface area contributed by atoms with E-state index in [4.69, 9.17) is 0 Å². The maximum absolute atomic E-state index is 14.6. The monoisotopic (exact) mass is 545 g/mol. The SMILES string of the molecule is CC(C#N)(CC(=O)c1cccc(CN2CCN(C(=O)c3ccc(NC(=O)NCC4CC4)c(F)c3)CC2)c1)C1CC1. The number of anilines is 1. The van der Waals surface area contributed by atoms with Crippen LogP contribution in [0.5, 0.6) is 0 Å². The molecule has 3 amide bonds. The highest BCUT2D eigenvalue weighted by Gasteiger charge is 2.43. The number of Topliss-reactive ketones (excluding diaryl/α,β-unsaturated/α-hetero) is 1. The molecule has 1 aliphatic heterocycles. The smallest absolute Gasteiger partial charge is 0.319 e. The number of hydrogen-bond acceptors (Lipinski definition) is 5. The molecule has 3 aliphatic rings. The summed E-state index contributed by atoms with van der Waals surface area (Å²) in [6.07, 6.45) is 4.49. The van der Waals surface area contributed by atoms with E-state index in [-0.39, 0.29) is 29.4 Å². The van der Waals surface area contributed by atoms with Crippen molar-refractivity contribution < 1.29 is 18.8 Å². The third kappa shape index (κ3) is 6.86. The summed E-state index contributed by atoms with van der Waals surface area (Å²) in [7, 11) is 0. The fourth-order valence-corrected chi connectivity index (χ4v) is 5.30. The molecule has 1 unspecified atom stereocenters. The van der Waals surface area contributed by atoms with E-state index in [0.717, 1.165) is 31.2 Å². The van der Waals surface area contributed by atoms with E-state index in [1.807, 2.05) is 31.2 Å². The largest absolute Gasteiger partial charge is 0.338 e. The van der Waals surface area contributed by atoms with Crippen molar-refractivity contribution in [2.75, 3.05) is 38.0 Å². The topological polar surface area (TPSA) is 106 Å². The molecule has 1 atom stereocenters. The molecule has 5 rings (SSSR count). The van der Waals surface area contributed by atoms with Crippen LogP contribution in [0.1, 0.15) is 65.3 Å². The number of carbonyl (C=O) groups excluding carboxylic acids is 3. The number of ketones is 1. The lowest BCUT2D eigenvalue weighted by molar-refractivity contribution is 0.0627. The Morgan fingerprint density at radius 2 is 1.77 bits per heavy atom. The van der Waals surface area contributed by atoms with E-state index in [1.165, 1.54) is 18.2 Å². The van der Waals surface area contributed by atoms with Crippen molar-refractivity contribution >= 4 is 23.4 Å². The van der Waals surface area contributed by atoms with E-state index < -0.39 is 17.3 Å². The van der Waals surface area contributed by atoms with E-state index in [0.29, 0.717) is 56.7 Å². The van der Waals surface area contributed by atoms with Crippen LogP contribution in [0.4, 0.5) is 14.9 Å². The first-order valence-electron chi connectivity index (χ1n) is 14.1. The molecule has 2 N–H and O–H groups in total. The fourth-order valence-electron chi connectivity index (χ4n) is 5.30. The van der Waals surface area contributed by atoms with Gasteiger partial charge in [0.05, 0.1) is 17.2 Å². The van der Waals surface area contributed by atoms with Crippen molar-refractivity contribution in [3.8, 4) is 6.07 Å². The first-order valence-corrected chi connectivity index (χ1v) is 14.1. The lowest BCUT2D eigenvalue weighted by Crippen LogP contribution is -2.48. The third-order valence-electron chi connectivity index (χ3n) is 8.29. The zero-order chi connectivity index (χ0) is 28.3. The summed E-state index contributed by atoms with van der Waals surface area (Å²) in [6, 6.07) is 13.7. The molecular weight excluding hydrogens is 509 g/mol. The molecule has 0 aromatic heterocycles. The Labute approximate surface area is 234 Å². The highest BCUT2D eigenvalue weighted by Crippen LogP contribution is 2.47. The molecule has 0 bridgehead atoms. The number of nitriles is 1. The number of nitrogens with one attached hydrogen (secondary N) is 2. The van der Waals surface area contributed by atoms with Crippen LogP contribution < -0.4 is 10.6 Å². The van der Waals surface area contributed by atoms with Gasteiger partial charge in [-0.25, -0.2) is 9.18 Å². The number of carbonyl (C=O) groups is 3. The van der Waals surface area contributed by atoms with Crippen molar-refractivity contribution in [1.29, 1.82) is 5.26 Å². The number of amides is 3. The summed E-state index contributed by atoms with van der Waals surface area (Å²) in [5, 5.41) is 14.9. The molecule has 2 aromatic carbocycles. The Balaban J connectivity index is 1.11. The van der Waals surface area contributed by atoms with Crippen LogP contribution in [0.2, 0.25) is 0 Å². The summed E-state index contributed by atoms with van der Waals surface area (Å²) >= 11 is 0. The van der Waals surface area contributed by atoms with Crippen molar-refractivity contribution in [2.24, 2.45) is 17.3 Å². The predicted octanol–water partition coefficient (Wildman–Crippen LogP) is 4.83. The normalized spacial score (nSPS) is 18.9. The lowest BCUT2D eigenvalue weighted by atomic mass is 9.80. The van der Waals surface area contributed by atoms with Gasteiger partial charge in [-0.15, -0.1) is 0 Å². The molecule has 2 aromatic rings. The second-order valence-electron chi connectivity index (χ2n) is 11.6. The average molecular weight is 546 g/mol. The van der Waals surface area contributed by atoms with E-state index in [9.17, 15) is 24.0 Å². The van der Waals surface area contributed by atoms with Gasteiger partial charge in [0, 0.05) is 56.8 Å². The molecule has 1 heterocycles. The Bertz CT molecular complexity index is 1320. The van der Waals surface area contributed by atoms with Gasteiger partial charge in [-0.1, -0.05) is 18.2 Å². The van der Waals surface area contributed by atoms with Crippen molar-refractivity contribution in [1.82, 2.24) is 15.1 Å². The summed E-state index contributed by atoms with van der Waals surface area (Å²) < 4.78 is 14.6. The molecule has 3 fully saturated rings. The van der Waals surface area contributed by atoms with Gasteiger partial charge in [0.1, 0.15) is 5.82 Å². The Morgan fingerprint density at radius 3 is 2.42 bits per heavy atom. The van der Waals surface area contributed by atoms with Gasteiger partial charge >= 0.3 is 6.03 Å². The second-order valence-corrected chi connectivity index (χ2v) is 11.6. The van der Waals surface area contributed by atoms with Crippen LogP contribution in [-0.2, 0) is 6.54 Å². The molecule has 1 saturated heterocycles. The molecule has 0 radical (unpaired) electrons. The number of piperazine rings is 1. The van der Waals surface area contributed by atoms with Crippen LogP contribution in [-0.4, -0.2) is 60.2 Å². The minimum Gasteiger partial charge on any atom is -0.338 e. The standard InChI is InChI=1S/C31H36FN5O3/c1-31(20-33,25-8-9-25)17-28(38)23-4-2-3-22(15-23)19-36-11-13-37(14-12-36)29(39)24-7-10-27(26(32)16-24)35-30(40)34-18-21-5-6-21/h2-4,7,10,15-16,21,25H,5-6,8-9,11-14,17-19H2,1H3,(H2,34,35,40). The quantitative estimate of drug-likeness (QED) is 0.416. The van der Waals surface area contributed by atoms with Gasteiger partial charge in [-0.2, -0.15) is 5.26 Å². The van der Waals surface area contributed by atoms with Gasteiger partial charge < -0.3 is 15.5 Å². The molecule has 2 saturated carbocycles. The number of nitrogens with zero attached hydrogens (tertiary/aromatic N) is 3. The molecule has 0 spiro atoms. The van der Waals surface area contributed by atoms with E-state index in [1.54, 1.807) is 4.90 Å². The van der Waals surface area contributed by atoms with Crippen molar-refractivity contribution in [2.45, 2.75) is 45.6 Å². The first-order chi connectivity index (χ1) is 19.2. The summed E-state index contributed by atoms with van der Waals surface area (Å²) in [5.74, 6) is -0.0489. The first kappa shape index (κ1) is 27.8. The predicted molar refractivity (Wildman–Crippen MR) is 149 cm³/mol. The van der Waals surface area contributed by atoms with Crippen molar-refractivity contribution in [3.05, 3.63) is 65.0 Å². The molecule has 2 aliphatic carbocycles. The molecule has 40 heavy (non-hydrogen) atoms. The number of benzene rings is 2. The molecular formula is C31H36FN5O3. The second kappa shape index (κ2) is 11.8. The summed E-state index contributed by atoms with van der Waals surface area (Å²) in [6.45, 7) is 5.45. The zero-order valence-electron chi connectivity index (χ0n) is 22.9. The third-order valence-corrected chi connectivity index (χ3v) is 8.29. The van der Waals surface area contributed by atoms with E-state index in [2.05, 4.69) is 21.6 Å². The van der Waals surface area contributed by atoms with Gasteiger partial charge in [-0.05, 0) is 74.3 Å². The van der Waals surface area contributed by atoms with Crippen LogP contribution in [0.25, 0.3) is 0 Å². The Hall–Kier alpha value is -3.77. The minimum absolute atomic E-state index is 0.000513. The van der Waals surface area contributed by atoms with Crippen LogP contribution >= 0.6 is 0 Å². The molecule has 9 heteroatoms. The highest BCUT2D eigenvalue weighted by atomic mass is 19.1.